The minimum atomic E-state index is -2.03. The van der Waals surface area contributed by atoms with E-state index in [4.69, 9.17) is 13.6 Å². The van der Waals surface area contributed by atoms with Gasteiger partial charge in [-0.1, -0.05) is 32.9 Å². The lowest BCUT2D eigenvalue weighted by atomic mass is 9.48. The Balaban J connectivity index is 2.65. The zero-order valence-electron chi connectivity index (χ0n) is 19.9. The van der Waals surface area contributed by atoms with Crippen LogP contribution in [-0.4, -0.2) is 47.7 Å². The van der Waals surface area contributed by atoms with Gasteiger partial charge in [0.2, 0.25) is 0 Å². The van der Waals surface area contributed by atoms with Gasteiger partial charge in [-0.3, -0.25) is 9.59 Å². The second-order valence-electron chi connectivity index (χ2n) is 11.5. The summed E-state index contributed by atoms with van der Waals surface area (Å²) < 4.78 is 18.2. The van der Waals surface area contributed by atoms with Crippen LogP contribution in [0, 0.1) is 22.7 Å². The first-order chi connectivity index (χ1) is 13.0. The van der Waals surface area contributed by atoms with Crippen LogP contribution in [0.3, 0.4) is 0 Å². The van der Waals surface area contributed by atoms with Crippen molar-refractivity contribution in [1.82, 2.24) is 0 Å². The molecule has 0 N–H and O–H groups in total. The number of hydrogen-bond donors (Lipinski definition) is 0. The second kappa shape index (κ2) is 8.06. The Bertz CT molecular complexity index is 674. The van der Waals surface area contributed by atoms with Crippen LogP contribution in [0.2, 0.25) is 39.3 Å². The summed E-state index contributed by atoms with van der Waals surface area (Å²) in [5.41, 5.74) is -0.555. The van der Waals surface area contributed by atoms with Crippen LogP contribution < -0.4 is 0 Å². The Labute approximate surface area is 178 Å². The monoisotopic (exact) mass is 440 g/mol. The van der Waals surface area contributed by atoms with Crippen LogP contribution in [-0.2, 0) is 23.2 Å². The van der Waals surface area contributed by atoms with Crippen molar-refractivity contribution in [2.24, 2.45) is 22.7 Å². The number of esters is 1. The first-order valence-electron chi connectivity index (χ1n) is 10.7. The van der Waals surface area contributed by atoms with Gasteiger partial charge in [0.1, 0.15) is 6.10 Å². The van der Waals surface area contributed by atoms with E-state index >= 15 is 0 Å². The molecule has 2 rings (SSSR count). The molecule has 5 nitrogen and oxygen atoms in total. The van der Waals surface area contributed by atoms with Gasteiger partial charge in [0, 0.05) is 11.8 Å². The van der Waals surface area contributed by atoms with E-state index in [1.165, 1.54) is 7.11 Å². The number of carbonyl (C=O) groups is 2. The number of Topliss-reactive ketones (excluding diaryl/α,β-unsaturated/α-hetero) is 1. The zero-order valence-corrected chi connectivity index (χ0v) is 21.9. The van der Waals surface area contributed by atoms with E-state index in [2.05, 4.69) is 72.2 Å². The minimum absolute atomic E-state index is 0.00549. The highest BCUT2D eigenvalue weighted by molar-refractivity contribution is 6.70. The lowest BCUT2D eigenvalue weighted by Gasteiger charge is -2.60. The maximum Gasteiger partial charge on any atom is 0.306 e. The molecule has 0 saturated heterocycles. The molecule has 5 unspecified atom stereocenters. The van der Waals surface area contributed by atoms with Crippen molar-refractivity contribution in [3.8, 4) is 0 Å². The van der Waals surface area contributed by atoms with Crippen molar-refractivity contribution in [3.63, 3.8) is 0 Å². The van der Waals surface area contributed by atoms with Gasteiger partial charge in [-0.15, -0.1) is 0 Å². The Morgan fingerprint density at radius 3 is 2.10 bits per heavy atom. The third-order valence-corrected chi connectivity index (χ3v) is 8.17. The molecular formula is C22H40O5Si2. The van der Waals surface area contributed by atoms with Crippen LogP contribution in [0.25, 0.3) is 0 Å². The van der Waals surface area contributed by atoms with Gasteiger partial charge < -0.3 is 13.6 Å². The van der Waals surface area contributed by atoms with Gasteiger partial charge in [0.25, 0.3) is 0 Å². The SMILES string of the molecule is COC(=O)CC1C(=O)C(O[Si](C)(C)C)C(O[Si](C)(C)C)C2C(C)(C)C=CCC12C. The highest BCUT2D eigenvalue weighted by Gasteiger charge is 2.62. The van der Waals surface area contributed by atoms with E-state index in [1.54, 1.807) is 0 Å². The van der Waals surface area contributed by atoms with Crippen LogP contribution in [0.1, 0.15) is 33.6 Å². The summed E-state index contributed by atoms with van der Waals surface area (Å²) in [5.74, 6) is -0.703. The average Bonchev–Trinajstić information content (AvgIpc) is 2.51. The van der Waals surface area contributed by atoms with Gasteiger partial charge in [-0.25, -0.2) is 0 Å². The summed E-state index contributed by atoms with van der Waals surface area (Å²) in [7, 11) is -2.60. The maximum absolute atomic E-state index is 13.8. The molecule has 0 aromatic rings. The normalized spacial score (nSPS) is 34.6. The van der Waals surface area contributed by atoms with E-state index in [-0.39, 0.29) is 41.0 Å². The minimum Gasteiger partial charge on any atom is -0.469 e. The Morgan fingerprint density at radius 2 is 1.62 bits per heavy atom. The predicted octanol–water partition coefficient (Wildman–Crippen LogP) is 4.80. The third kappa shape index (κ3) is 5.29. The molecule has 0 aromatic heterocycles. The molecule has 0 amide bonds. The standard InChI is InChI=1S/C22H40O5Si2/c1-21(2)12-11-13-22(3)15(14-16(23)25-4)17(24)18(26-28(5,6)7)19(20(21)22)27-29(8,9)10/h11-12,15,18-20H,13-14H2,1-10H3. The van der Waals surface area contributed by atoms with Gasteiger partial charge in [0.05, 0.1) is 19.6 Å². The van der Waals surface area contributed by atoms with Crippen molar-refractivity contribution >= 4 is 28.4 Å². The van der Waals surface area contributed by atoms with E-state index < -0.39 is 28.7 Å². The number of ketones is 1. The first kappa shape index (κ1) is 24.5. The van der Waals surface area contributed by atoms with Gasteiger partial charge in [-0.2, -0.15) is 0 Å². The molecular weight excluding hydrogens is 400 g/mol. The lowest BCUT2D eigenvalue weighted by Crippen LogP contribution is -2.66. The lowest BCUT2D eigenvalue weighted by molar-refractivity contribution is -0.175. The molecule has 0 spiro atoms. The number of allylic oxidation sites excluding steroid dienone is 2. The number of hydrogen-bond acceptors (Lipinski definition) is 5. The molecule has 1 fully saturated rings. The summed E-state index contributed by atoms with van der Waals surface area (Å²) in [5, 5.41) is 0. The molecule has 0 bridgehead atoms. The molecule has 1 saturated carbocycles. The molecule has 29 heavy (non-hydrogen) atoms. The number of ether oxygens (including phenoxy) is 1. The molecule has 0 aromatic carbocycles. The topological polar surface area (TPSA) is 61.8 Å². The Hall–Kier alpha value is -0.766. The summed E-state index contributed by atoms with van der Waals surface area (Å²) in [6.45, 7) is 19.3. The molecule has 166 valence electrons. The highest BCUT2D eigenvalue weighted by Crippen LogP contribution is 2.59. The van der Waals surface area contributed by atoms with Gasteiger partial charge >= 0.3 is 5.97 Å². The molecule has 0 heterocycles. The maximum atomic E-state index is 13.8. The first-order valence-corrected chi connectivity index (χ1v) is 17.5. The van der Waals surface area contributed by atoms with Crippen LogP contribution in [0.5, 0.6) is 0 Å². The van der Waals surface area contributed by atoms with E-state index in [9.17, 15) is 9.59 Å². The molecule has 2 aliphatic rings. The predicted molar refractivity (Wildman–Crippen MR) is 121 cm³/mol. The van der Waals surface area contributed by atoms with Gasteiger partial charge in [-0.05, 0) is 56.5 Å². The smallest absolute Gasteiger partial charge is 0.306 e. The molecule has 5 atom stereocenters. The van der Waals surface area contributed by atoms with Crippen LogP contribution in [0.15, 0.2) is 12.2 Å². The molecule has 2 aliphatic carbocycles. The van der Waals surface area contributed by atoms with Crippen LogP contribution in [0.4, 0.5) is 0 Å². The summed E-state index contributed by atoms with van der Waals surface area (Å²) in [6.07, 6.45) is 4.32. The average molecular weight is 441 g/mol. The van der Waals surface area contributed by atoms with Crippen molar-refractivity contribution < 1.29 is 23.2 Å². The van der Waals surface area contributed by atoms with E-state index in [1.807, 2.05) is 0 Å². The third-order valence-electron chi connectivity index (χ3n) is 6.23. The number of rotatable bonds is 6. The van der Waals surface area contributed by atoms with Crippen molar-refractivity contribution in [2.45, 2.75) is 85.1 Å². The number of carbonyl (C=O) groups excluding carboxylic acids is 2. The van der Waals surface area contributed by atoms with Gasteiger partial charge in [0.15, 0.2) is 22.4 Å². The van der Waals surface area contributed by atoms with Crippen molar-refractivity contribution in [1.29, 1.82) is 0 Å². The highest BCUT2D eigenvalue weighted by atomic mass is 28.4. The van der Waals surface area contributed by atoms with Crippen LogP contribution >= 0.6 is 0 Å². The fourth-order valence-corrected chi connectivity index (χ4v) is 7.43. The fraction of sp³-hybridized carbons (Fsp3) is 0.818. The van der Waals surface area contributed by atoms with E-state index in [0.29, 0.717) is 0 Å². The summed E-state index contributed by atoms with van der Waals surface area (Å²) in [6, 6.07) is 0. The Kier molecular flexibility index (Phi) is 6.81. The Morgan fingerprint density at radius 1 is 1.07 bits per heavy atom. The van der Waals surface area contributed by atoms with Crippen molar-refractivity contribution in [3.05, 3.63) is 12.2 Å². The zero-order chi connectivity index (χ0) is 22.4. The largest absolute Gasteiger partial charge is 0.469 e. The van der Waals surface area contributed by atoms with Crippen molar-refractivity contribution in [2.75, 3.05) is 7.11 Å². The second-order valence-corrected chi connectivity index (χ2v) is 20.4. The van der Waals surface area contributed by atoms with E-state index in [0.717, 1.165) is 6.42 Å². The number of fused-ring (bicyclic) bond motifs is 1. The summed E-state index contributed by atoms with van der Waals surface area (Å²) in [4.78, 5) is 26.1. The fourth-order valence-electron chi connectivity index (χ4n) is 5.34. The molecule has 0 radical (unpaired) electrons. The molecule has 7 heteroatoms. The quantitative estimate of drug-likeness (QED) is 0.337. The summed E-state index contributed by atoms with van der Waals surface area (Å²) >= 11 is 0. The molecule has 0 aliphatic heterocycles. The number of methoxy groups -OCH3 is 1.